The Labute approximate surface area is 104 Å². The Morgan fingerprint density at radius 3 is 2.69 bits per heavy atom. The first kappa shape index (κ1) is 13.6. The standard InChI is InChI=1S/C14H23ClO/c1-11(2)6-4-5-9-14(3)10-12(15)7-8-13(14)16/h7-8,11,16H,4-6,9-10H2,1-3H3. The molecule has 0 spiro atoms. The van der Waals surface area contributed by atoms with Gasteiger partial charge in [-0.15, -0.1) is 0 Å². The molecule has 0 radical (unpaired) electrons. The minimum atomic E-state index is -0.136. The van der Waals surface area contributed by atoms with Crippen LogP contribution in [0.1, 0.15) is 52.9 Å². The number of hydrogen-bond donors (Lipinski definition) is 1. The highest BCUT2D eigenvalue weighted by Crippen LogP contribution is 2.41. The third kappa shape index (κ3) is 3.86. The van der Waals surface area contributed by atoms with Gasteiger partial charge in [-0.25, -0.2) is 0 Å². The largest absolute Gasteiger partial charge is 0.512 e. The number of allylic oxidation sites excluding steroid dienone is 4. The van der Waals surface area contributed by atoms with Crippen LogP contribution >= 0.6 is 11.6 Å². The highest BCUT2D eigenvalue weighted by atomic mass is 35.5. The van der Waals surface area contributed by atoms with Crippen LogP contribution in [-0.4, -0.2) is 5.11 Å². The van der Waals surface area contributed by atoms with Crippen molar-refractivity contribution in [3.05, 3.63) is 22.9 Å². The van der Waals surface area contributed by atoms with Gasteiger partial charge in [0.25, 0.3) is 0 Å². The molecule has 0 aliphatic heterocycles. The Bertz CT molecular complexity index is 291. The van der Waals surface area contributed by atoms with Crippen molar-refractivity contribution in [2.24, 2.45) is 11.3 Å². The molecule has 1 nitrogen and oxygen atoms in total. The predicted molar refractivity (Wildman–Crippen MR) is 70.7 cm³/mol. The lowest BCUT2D eigenvalue weighted by molar-refractivity contribution is 0.214. The highest BCUT2D eigenvalue weighted by Gasteiger charge is 2.31. The fraction of sp³-hybridized carbons (Fsp3) is 0.714. The summed E-state index contributed by atoms with van der Waals surface area (Å²) in [6.07, 6.45) is 9.01. The molecule has 16 heavy (non-hydrogen) atoms. The molecule has 0 aromatic carbocycles. The maximum absolute atomic E-state index is 9.91. The van der Waals surface area contributed by atoms with Crippen LogP contribution < -0.4 is 0 Å². The summed E-state index contributed by atoms with van der Waals surface area (Å²) in [5, 5.41) is 10.8. The second-order valence-corrected chi connectivity index (χ2v) is 6.03. The first-order chi connectivity index (χ1) is 7.44. The van der Waals surface area contributed by atoms with E-state index in [1.54, 1.807) is 12.2 Å². The van der Waals surface area contributed by atoms with Crippen LogP contribution in [0, 0.1) is 11.3 Å². The smallest absolute Gasteiger partial charge is 0.0985 e. The van der Waals surface area contributed by atoms with Gasteiger partial charge in [-0.2, -0.15) is 0 Å². The molecule has 0 fully saturated rings. The maximum Gasteiger partial charge on any atom is 0.0985 e. The van der Waals surface area contributed by atoms with Gasteiger partial charge in [-0.1, -0.05) is 51.6 Å². The van der Waals surface area contributed by atoms with Crippen LogP contribution in [0.2, 0.25) is 0 Å². The van der Waals surface area contributed by atoms with Crippen molar-refractivity contribution >= 4 is 11.6 Å². The van der Waals surface area contributed by atoms with Gasteiger partial charge >= 0.3 is 0 Å². The zero-order valence-corrected chi connectivity index (χ0v) is 11.3. The molecule has 0 heterocycles. The van der Waals surface area contributed by atoms with E-state index in [1.807, 2.05) is 0 Å². The molecule has 1 unspecified atom stereocenters. The fourth-order valence-electron chi connectivity index (χ4n) is 2.18. The van der Waals surface area contributed by atoms with Gasteiger partial charge in [0.15, 0.2) is 0 Å². The molecule has 1 aliphatic rings. The lowest BCUT2D eigenvalue weighted by atomic mass is 9.77. The van der Waals surface area contributed by atoms with Gasteiger partial charge in [-0.3, -0.25) is 0 Å². The Kier molecular flexibility index (Phi) is 4.91. The Hall–Kier alpha value is -0.430. The molecule has 0 amide bonds. The van der Waals surface area contributed by atoms with Crippen LogP contribution in [-0.2, 0) is 0 Å². The SMILES string of the molecule is CC(C)CCCCC1(C)CC(Cl)=CC=C1O. The summed E-state index contributed by atoms with van der Waals surface area (Å²) in [5.41, 5.74) is -0.136. The number of hydrogen-bond acceptors (Lipinski definition) is 1. The van der Waals surface area contributed by atoms with E-state index in [9.17, 15) is 5.11 Å². The summed E-state index contributed by atoms with van der Waals surface area (Å²) < 4.78 is 0. The molecule has 92 valence electrons. The number of rotatable bonds is 5. The maximum atomic E-state index is 9.91. The summed E-state index contributed by atoms with van der Waals surface area (Å²) in [6.45, 7) is 6.60. The topological polar surface area (TPSA) is 20.2 Å². The van der Waals surface area contributed by atoms with Crippen molar-refractivity contribution in [1.29, 1.82) is 0 Å². The predicted octanol–water partition coefficient (Wildman–Crippen LogP) is 5.18. The lowest BCUT2D eigenvalue weighted by Crippen LogP contribution is -2.21. The highest BCUT2D eigenvalue weighted by molar-refractivity contribution is 6.29. The molecule has 0 bridgehead atoms. The van der Waals surface area contributed by atoms with Crippen LogP contribution in [0.5, 0.6) is 0 Å². The minimum Gasteiger partial charge on any atom is -0.512 e. The third-order valence-electron chi connectivity index (χ3n) is 3.36. The van der Waals surface area contributed by atoms with Crippen molar-refractivity contribution in [2.45, 2.75) is 52.9 Å². The van der Waals surface area contributed by atoms with Crippen LogP contribution in [0.4, 0.5) is 0 Å². The summed E-state index contributed by atoms with van der Waals surface area (Å²) in [4.78, 5) is 0. The molecule has 1 rings (SSSR count). The average molecular weight is 243 g/mol. The average Bonchev–Trinajstić information content (AvgIpc) is 2.19. The minimum absolute atomic E-state index is 0.136. The van der Waals surface area contributed by atoms with Crippen LogP contribution in [0.25, 0.3) is 0 Å². The summed E-state index contributed by atoms with van der Waals surface area (Å²) >= 11 is 6.04. The van der Waals surface area contributed by atoms with Gasteiger partial charge in [0, 0.05) is 10.4 Å². The second kappa shape index (κ2) is 5.77. The van der Waals surface area contributed by atoms with Gasteiger partial charge in [0.2, 0.25) is 0 Å². The third-order valence-corrected chi connectivity index (χ3v) is 3.62. The van der Waals surface area contributed by atoms with Gasteiger partial charge < -0.3 is 5.11 Å². The van der Waals surface area contributed by atoms with Crippen molar-refractivity contribution < 1.29 is 5.11 Å². The summed E-state index contributed by atoms with van der Waals surface area (Å²) in [5.74, 6) is 1.26. The number of aliphatic hydroxyl groups excluding tert-OH is 1. The quantitative estimate of drug-likeness (QED) is 0.659. The molecule has 2 heteroatoms. The Balaban J connectivity index is 2.41. The summed E-state index contributed by atoms with van der Waals surface area (Å²) in [7, 11) is 0. The van der Waals surface area contributed by atoms with E-state index in [0.29, 0.717) is 5.76 Å². The molecule has 0 aromatic heterocycles. The van der Waals surface area contributed by atoms with Gasteiger partial charge in [-0.05, 0) is 30.9 Å². The first-order valence-electron chi connectivity index (χ1n) is 6.20. The Morgan fingerprint density at radius 1 is 1.38 bits per heavy atom. The van der Waals surface area contributed by atoms with Crippen molar-refractivity contribution in [1.82, 2.24) is 0 Å². The molecule has 0 saturated heterocycles. The van der Waals surface area contributed by atoms with Crippen LogP contribution in [0.3, 0.4) is 0 Å². The number of aliphatic hydroxyl groups is 1. The monoisotopic (exact) mass is 242 g/mol. The molecule has 1 atom stereocenters. The number of unbranched alkanes of at least 4 members (excludes halogenated alkanes) is 1. The van der Waals surface area contributed by atoms with E-state index in [2.05, 4.69) is 20.8 Å². The van der Waals surface area contributed by atoms with E-state index in [4.69, 9.17) is 11.6 Å². The van der Waals surface area contributed by atoms with E-state index < -0.39 is 0 Å². The Morgan fingerprint density at radius 2 is 2.06 bits per heavy atom. The number of halogens is 1. The van der Waals surface area contributed by atoms with E-state index in [0.717, 1.165) is 30.2 Å². The van der Waals surface area contributed by atoms with Gasteiger partial charge in [0.05, 0.1) is 5.76 Å². The van der Waals surface area contributed by atoms with Crippen LogP contribution in [0.15, 0.2) is 22.9 Å². The fourth-order valence-corrected chi connectivity index (χ4v) is 2.53. The molecule has 1 aliphatic carbocycles. The zero-order chi connectivity index (χ0) is 12.2. The molecule has 1 N–H and O–H groups in total. The molecular formula is C14H23ClO. The normalized spacial score (nSPS) is 25.6. The molecule has 0 aromatic rings. The van der Waals surface area contributed by atoms with E-state index in [1.165, 1.54) is 12.8 Å². The molecule has 0 saturated carbocycles. The van der Waals surface area contributed by atoms with E-state index in [-0.39, 0.29) is 5.41 Å². The van der Waals surface area contributed by atoms with Crippen molar-refractivity contribution in [2.75, 3.05) is 0 Å². The summed E-state index contributed by atoms with van der Waals surface area (Å²) in [6, 6.07) is 0. The lowest BCUT2D eigenvalue weighted by Gasteiger charge is -2.31. The molecular weight excluding hydrogens is 220 g/mol. The van der Waals surface area contributed by atoms with Crippen molar-refractivity contribution in [3.8, 4) is 0 Å². The first-order valence-corrected chi connectivity index (χ1v) is 6.57. The van der Waals surface area contributed by atoms with Gasteiger partial charge in [0.1, 0.15) is 0 Å². The van der Waals surface area contributed by atoms with E-state index >= 15 is 0 Å². The second-order valence-electron chi connectivity index (χ2n) is 5.54. The van der Waals surface area contributed by atoms with Crippen molar-refractivity contribution in [3.63, 3.8) is 0 Å². The zero-order valence-electron chi connectivity index (χ0n) is 10.6.